The minimum absolute atomic E-state index is 0.336. The standard InChI is InChI=1S/C10H15N3OS/c1-8(9-5-11-7-12-6-9)13-15(14)10(2,3)4/h5-7H,1-4H3. The molecule has 0 bridgehead atoms. The average Bonchev–Trinajstić information content (AvgIpc) is 2.17. The van der Waals surface area contributed by atoms with Crippen molar-refractivity contribution in [1.82, 2.24) is 9.97 Å². The normalized spacial score (nSPS) is 15.1. The maximum Gasteiger partial charge on any atom is 0.144 e. The van der Waals surface area contributed by atoms with E-state index in [1.807, 2.05) is 27.7 Å². The fraction of sp³-hybridized carbons (Fsp3) is 0.500. The van der Waals surface area contributed by atoms with Gasteiger partial charge in [-0.05, 0) is 27.7 Å². The summed E-state index contributed by atoms with van der Waals surface area (Å²) in [6.45, 7) is 7.48. The van der Waals surface area contributed by atoms with E-state index >= 15 is 0 Å². The zero-order valence-electron chi connectivity index (χ0n) is 9.39. The molecule has 15 heavy (non-hydrogen) atoms. The highest BCUT2D eigenvalue weighted by Crippen LogP contribution is 2.17. The van der Waals surface area contributed by atoms with E-state index in [9.17, 15) is 4.55 Å². The summed E-state index contributed by atoms with van der Waals surface area (Å²) in [5.41, 5.74) is 1.50. The molecule has 82 valence electrons. The second-order valence-electron chi connectivity index (χ2n) is 4.17. The average molecular weight is 225 g/mol. The molecule has 0 fully saturated rings. The third-order valence-electron chi connectivity index (χ3n) is 1.72. The summed E-state index contributed by atoms with van der Waals surface area (Å²) in [5, 5.41) is 0. The first-order valence-corrected chi connectivity index (χ1v) is 5.74. The maximum atomic E-state index is 11.7. The lowest BCUT2D eigenvalue weighted by Crippen LogP contribution is -2.26. The van der Waals surface area contributed by atoms with E-state index in [0.717, 1.165) is 5.56 Å². The van der Waals surface area contributed by atoms with Crippen molar-refractivity contribution in [1.29, 1.82) is 0 Å². The van der Waals surface area contributed by atoms with Crippen molar-refractivity contribution in [2.24, 2.45) is 4.40 Å². The highest BCUT2D eigenvalue weighted by atomic mass is 32.2. The van der Waals surface area contributed by atoms with Gasteiger partial charge in [0.1, 0.15) is 22.4 Å². The molecular formula is C10H15N3OS. The molecule has 0 radical (unpaired) electrons. The second kappa shape index (κ2) is 4.72. The van der Waals surface area contributed by atoms with E-state index in [4.69, 9.17) is 0 Å². The van der Waals surface area contributed by atoms with Gasteiger partial charge in [-0.25, -0.2) is 9.97 Å². The summed E-state index contributed by atoms with van der Waals surface area (Å²) in [5.74, 6) is 0. The molecule has 1 aromatic heterocycles. The molecule has 0 saturated heterocycles. The molecule has 0 aliphatic heterocycles. The van der Waals surface area contributed by atoms with Crippen LogP contribution in [0.3, 0.4) is 0 Å². The van der Waals surface area contributed by atoms with Gasteiger partial charge in [0, 0.05) is 18.0 Å². The molecule has 0 aliphatic rings. The number of rotatable bonds is 2. The lowest BCUT2D eigenvalue weighted by Gasteiger charge is -2.18. The van der Waals surface area contributed by atoms with E-state index < -0.39 is 11.4 Å². The summed E-state index contributed by atoms with van der Waals surface area (Å²) in [4.78, 5) is 7.77. The molecular weight excluding hydrogens is 210 g/mol. The van der Waals surface area contributed by atoms with Crippen LogP contribution >= 0.6 is 0 Å². The van der Waals surface area contributed by atoms with Crippen molar-refractivity contribution < 1.29 is 4.55 Å². The molecule has 1 unspecified atom stereocenters. The Morgan fingerprint density at radius 3 is 2.33 bits per heavy atom. The first kappa shape index (κ1) is 12.1. The fourth-order valence-corrected chi connectivity index (χ4v) is 1.43. The SMILES string of the molecule is CC(=N[S+]([O-])C(C)(C)C)c1cncnc1. The number of aromatic nitrogens is 2. The molecule has 0 spiro atoms. The molecule has 0 amide bonds. The highest BCUT2D eigenvalue weighted by molar-refractivity contribution is 7.91. The van der Waals surface area contributed by atoms with Crippen molar-refractivity contribution in [3.05, 3.63) is 24.3 Å². The Hall–Kier alpha value is -0.940. The first-order chi connectivity index (χ1) is 6.91. The Morgan fingerprint density at radius 2 is 1.87 bits per heavy atom. The van der Waals surface area contributed by atoms with Gasteiger partial charge in [0.15, 0.2) is 0 Å². The molecule has 1 rings (SSSR count). The molecule has 4 nitrogen and oxygen atoms in total. The molecule has 0 saturated carbocycles. The van der Waals surface area contributed by atoms with Crippen molar-refractivity contribution in [3.8, 4) is 0 Å². The van der Waals surface area contributed by atoms with Gasteiger partial charge in [-0.2, -0.15) is 0 Å². The smallest absolute Gasteiger partial charge is 0.144 e. The third-order valence-corrected chi connectivity index (χ3v) is 3.21. The molecule has 1 aromatic rings. The Kier molecular flexibility index (Phi) is 3.82. The molecule has 0 aliphatic carbocycles. The summed E-state index contributed by atoms with van der Waals surface area (Å²) in [7, 11) is 0. The third kappa shape index (κ3) is 3.60. The van der Waals surface area contributed by atoms with Gasteiger partial charge in [0.05, 0.1) is 5.71 Å². The van der Waals surface area contributed by atoms with Crippen LogP contribution in [0.2, 0.25) is 0 Å². The second-order valence-corrected chi connectivity index (χ2v) is 6.07. The van der Waals surface area contributed by atoms with Crippen LogP contribution in [0.1, 0.15) is 33.3 Å². The maximum absolute atomic E-state index is 11.7. The van der Waals surface area contributed by atoms with Gasteiger partial charge >= 0.3 is 0 Å². The summed E-state index contributed by atoms with van der Waals surface area (Å²) < 4.78 is 15.5. The molecule has 1 heterocycles. The monoisotopic (exact) mass is 225 g/mol. The predicted molar refractivity (Wildman–Crippen MR) is 62.1 cm³/mol. The minimum atomic E-state index is -1.24. The van der Waals surface area contributed by atoms with Crippen molar-refractivity contribution in [3.63, 3.8) is 0 Å². The lowest BCUT2D eigenvalue weighted by molar-refractivity contribution is 0.561. The Bertz CT molecular complexity index is 345. The molecule has 0 aromatic carbocycles. The van der Waals surface area contributed by atoms with Crippen LogP contribution in [-0.2, 0) is 11.4 Å². The summed E-state index contributed by atoms with van der Waals surface area (Å²) in [6, 6.07) is 0. The Morgan fingerprint density at radius 1 is 1.33 bits per heavy atom. The summed E-state index contributed by atoms with van der Waals surface area (Å²) in [6.07, 6.45) is 4.77. The largest absolute Gasteiger partial charge is 0.591 e. The topological polar surface area (TPSA) is 61.2 Å². The Labute approximate surface area is 93.2 Å². The quantitative estimate of drug-likeness (QED) is 0.569. The van der Waals surface area contributed by atoms with Gasteiger partial charge in [0.25, 0.3) is 0 Å². The zero-order valence-corrected chi connectivity index (χ0v) is 10.2. The molecule has 0 N–H and O–H groups in total. The van der Waals surface area contributed by atoms with Crippen molar-refractivity contribution >= 4 is 17.1 Å². The fourth-order valence-electron chi connectivity index (χ4n) is 0.800. The van der Waals surface area contributed by atoms with E-state index in [2.05, 4.69) is 14.4 Å². The van der Waals surface area contributed by atoms with Gasteiger partial charge in [0.2, 0.25) is 0 Å². The van der Waals surface area contributed by atoms with Crippen LogP contribution in [0.15, 0.2) is 23.1 Å². The molecule has 1 atom stereocenters. The number of hydrogen-bond acceptors (Lipinski definition) is 4. The zero-order chi connectivity index (χ0) is 11.5. The van der Waals surface area contributed by atoms with Gasteiger partial charge in [-0.15, -0.1) is 0 Å². The van der Waals surface area contributed by atoms with Gasteiger partial charge in [-0.3, -0.25) is 0 Å². The van der Waals surface area contributed by atoms with Crippen LogP contribution < -0.4 is 0 Å². The molecule has 5 heteroatoms. The van der Waals surface area contributed by atoms with Crippen molar-refractivity contribution in [2.75, 3.05) is 0 Å². The van der Waals surface area contributed by atoms with E-state index in [0.29, 0.717) is 5.71 Å². The van der Waals surface area contributed by atoms with Gasteiger partial charge < -0.3 is 4.55 Å². The highest BCUT2D eigenvalue weighted by Gasteiger charge is 2.26. The first-order valence-electron chi connectivity index (χ1n) is 4.64. The van der Waals surface area contributed by atoms with E-state index in [1.54, 1.807) is 12.4 Å². The lowest BCUT2D eigenvalue weighted by atomic mass is 10.2. The van der Waals surface area contributed by atoms with Crippen LogP contribution in [0, 0.1) is 0 Å². The minimum Gasteiger partial charge on any atom is -0.591 e. The van der Waals surface area contributed by atoms with Crippen LogP contribution in [-0.4, -0.2) is 25.0 Å². The summed E-state index contributed by atoms with van der Waals surface area (Å²) >= 11 is -1.24. The Balaban J connectivity index is 2.86. The van der Waals surface area contributed by atoms with Crippen molar-refractivity contribution in [2.45, 2.75) is 32.4 Å². The predicted octanol–water partition coefficient (Wildman–Crippen LogP) is 1.75. The van der Waals surface area contributed by atoms with E-state index in [-0.39, 0.29) is 4.75 Å². The number of nitrogens with zero attached hydrogens (tertiary/aromatic N) is 3. The number of hydrogen-bond donors (Lipinski definition) is 0. The van der Waals surface area contributed by atoms with Gasteiger partial charge in [-0.1, -0.05) is 4.40 Å². The van der Waals surface area contributed by atoms with Crippen LogP contribution in [0.5, 0.6) is 0 Å². The van der Waals surface area contributed by atoms with Crippen LogP contribution in [0.25, 0.3) is 0 Å². The van der Waals surface area contributed by atoms with E-state index in [1.165, 1.54) is 6.33 Å². The van der Waals surface area contributed by atoms with Crippen LogP contribution in [0.4, 0.5) is 0 Å².